The van der Waals surface area contributed by atoms with Crippen molar-refractivity contribution >= 4 is 22.6 Å². The predicted octanol–water partition coefficient (Wildman–Crippen LogP) is 2.60. The average molecular weight is 386 g/mol. The van der Waals surface area contributed by atoms with Gasteiger partial charge in [0.2, 0.25) is 0 Å². The topological polar surface area (TPSA) is 24.5 Å². The molecule has 1 aliphatic heterocycles. The summed E-state index contributed by atoms with van der Waals surface area (Å²) in [5.74, 6) is -0.0991. The lowest BCUT2D eigenvalue weighted by Gasteiger charge is -2.28. The van der Waals surface area contributed by atoms with Gasteiger partial charge in [0.05, 0.1) is 0 Å². The molecule has 0 spiro atoms. The minimum absolute atomic E-state index is 0.0991. The molecule has 106 valence electrons. The molecule has 0 atom stereocenters. The maximum absolute atomic E-state index is 12.4. The molecule has 1 aromatic rings. The molecule has 1 fully saturated rings. The molecule has 3 nitrogen and oxygen atoms in total. The summed E-state index contributed by atoms with van der Waals surface area (Å²) >= 11 is 1.97. The largest absolute Gasteiger partial charge is 0.573 e. The summed E-state index contributed by atoms with van der Waals surface area (Å²) in [5, 5.41) is 3.21. The smallest absolute Gasteiger partial charge is 0.405 e. The number of piperazine rings is 1. The maximum atomic E-state index is 12.4. The molecule has 19 heavy (non-hydrogen) atoms. The highest BCUT2D eigenvalue weighted by atomic mass is 127. The number of hydrogen-bond acceptors (Lipinski definition) is 3. The van der Waals surface area contributed by atoms with Crippen LogP contribution in [0.2, 0.25) is 0 Å². The lowest BCUT2D eigenvalue weighted by atomic mass is 10.2. The summed E-state index contributed by atoms with van der Waals surface area (Å²) in [4.78, 5) is 2.11. The lowest BCUT2D eigenvalue weighted by molar-refractivity contribution is -0.275. The van der Waals surface area contributed by atoms with Gasteiger partial charge < -0.3 is 10.1 Å². The highest BCUT2D eigenvalue weighted by Gasteiger charge is 2.32. The molecule has 0 amide bonds. The van der Waals surface area contributed by atoms with E-state index in [0.717, 1.165) is 29.7 Å². The third kappa shape index (κ3) is 4.81. The molecule has 0 unspecified atom stereocenters. The van der Waals surface area contributed by atoms with E-state index in [1.54, 1.807) is 12.1 Å². The number of rotatable bonds is 3. The van der Waals surface area contributed by atoms with E-state index in [4.69, 9.17) is 0 Å². The standard InChI is InChI=1S/C12H14F3IN2O/c13-12(14,15)19-11-7-10(16)2-1-9(11)8-18-5-3-17-4-6-18/h1-2,7,17H,3-6,8H2. The van der Waals surface area contributed by atoms with E-state index in [9.17, 15) is 13.2 Å². The van der Waals surface area contributed by atoms with Crippen LogP contribution in [0.1, 0.15) is 5.56 Å². The van der Waals surface area contributed by atoms with Crippen molar-refractivity contribution in [3.8, 4) is 5.75 Å². The number of nitrogens with zero attached hydrogens (tertiary/aromatic N) is 1. The van der Waals surface area contributed by atoms with E-state index in [-0.39, 0.29) is 5.75 Å². The van der Waals surface area contributed by atoms with E-state index >= 15 is 0 Å². The average Bonchev–Trinajstić information content (AvgIpc) is 2.32. The Kier molecular flexibility index (Phi) is 4.91. The van der Waals surface area contributed by atoms with Crippen LogP contribution in [0.5, 0.6) is 5.75 Å². The predicted molar refractivity (Wildman–Crippen MR) is 74.0 cm³/mol. The number of alkyl halides is 3. The Bertz CT molecular complexity index is 433. The van der Waals surface area contributed by atoms with Gasteiger partial charge in [0.1, 0.15) is 5.75 Å². The van der Waals surface area contributed by atoms with Gasteiger partial charge in [0.15, 0.2) is 0 Å². The molecule has 1 aromatic carbocycles. The zero-order valence-electron chi connectivity index (χ0n) is 10.1. The zero-order chi connectivity index (χ0) is 13.9. The number of benzene rings is 1. The van der Waals surface area contributed by atoms with Crippen molar-refractivity contribution < 1.29 is 17.9 Å². The quantitative estimate of drug-likeness (QED) is 0.809. The minimum atomic E-state index is -4.65. The third-order valence-corrected chi connectivity index (χ3v) is 3.53. The molecule has 2 rings (SSSR count). The Morgan fingerprint density at radius 1 is 1.26 bits per heavy atom. The van der Waals surface area contributed by atoms with Crippen LogP contribution in [-0.2, 0) is 6.54 Å². The third-order valence-electron chi connectivity index (χ3n) is 2.86. The van der Waals surface area contributed by atoms with Gasteiger partial charge in [-0.05, 0) is 34.7 Å². The van der Waals surface area contributed by atoms with Crippen molar-refractivity contribution in [2.45, 2.75) is 12.9 Å². The van der Waals surface area contributed by atoms with Gasteiger partial charge in [-0.1, -0.05) is 6.07 Å². The van der Waals surface area contributed by atoms with Gasteiger partial charge in [-0.15, -0.1) is 13.2 Å². The summed E-state index contributed by atoms with van der Waals surface area (Å²) in [5.41, 5.74) is 0.569. The van der Waals surface area contributed by atoms with Crippen LogP contribution in [0.25, 0.3) is 0 Å². The van der Waals surface area contributed by atoms with Gasteiger partial charge in [-0.3, -0.25) is 4.90 Å². The van der Waals surface area contributed by atoms with Gasteiger partial charge in [0.25, 0.3) is 0 Å². The Balaban J connectivity index is 2.13. The van der Waals surface area contributed by atoms with Crippen LogP contribution in [0.3, 0.4) is 0 Å². The molecule has 7 heteroatoms. The van der Waals surface area contributed by atoms with Crippen molar-refractivity contribution in [2.75, 3.05) is 26.2 Å². The Labute approximate surface area is 123 Å². The number of ether oxygens (including phenoxy) is 1. The summed E-state index contributed by atoms with van der Waals surface area (Å²) in [6, 6.07) is 4.91. The van der Waals surface area contributed by atoms with Crippen LogP contribution < -0.4 is 10.1 Å². The first-order valence-electron chi connectivity index (χ1n) is 5.91. The summed E-state index contributed by atoms with van der Waals surface area (Å²) in [7, 11) is 0. The van der Waals surface area contributed by atoms with Crippen LogP contribution in [0.4, 0.5) is 13.2 Å². The fourth-order valence-corrected chi connectivity index (χ4v) is 2.45. The second-order valence-corrected chi connectivity index (χ2v) is 5.57. The number of nitrogens with one attached hydrogen (secondary N) is 1. The fraction of sp³-hybridized carbons (Fsp3) is 0.500. The number of halogens is 4. The molecule has 1 heterocycles. The van der Waals surface area contributed by atoms with E-state index in [0.29, 0.717) is 12.1 Å². The monoisotopic (exact) mass is 386 g/mol. The van der Waals surface area contributed by atoms with Crippen molar-refractivity contribution in [3.05, 3.63) is 27.3 Å². The van der Waals surface area contributed by atoms with Gasteiger partial charge in [-0.2, -0.15) is 0 Å². The van der Waals surface area contributed by atoms with Crippen molar-refractivity contribution in [2.24, 2.45) is 0 Å². The molecule has 0 aliphatic carbocycles. The van der Waals surface area contributed by atoms with Gasteiger partial charge >= 0.3 is 6.36 Å². The fourth-order valence-electron chi connectivity index (χ4n) is 1.99. The molecule has 1 N–H and O–H groups in total. The normalized spacial score (nSPS) is 17.5. The van der Waals surface area contributed by atoms with E-state index in [1.807, 2.05) is 22.6 Å². The first-order chi connectivity index (χ1) is 8.94. The Morgan fingerprint density at radius 3 is 2.58 bits per heavy atom. The van der Waals surface area contributed by atoms with Gasteiger partial charge in [0, 0.05) is 41.9 Å². The summed E-state index contributed by atoms with van der Waals surface area (Å²) < 4.78 is 42.0. The second kappa shape index (κ2) is 6.27. The molecule has 0 saturated carbocycles. The Morgan fingerprint density at radius 2 is 1.95 bits per heavy atom. The molecule has 0 radical (unpaired) electrons. The molecular weight excluding hydrogens is 372 g/mol. The van der Waals surface area contributed by atoms with Crippen LogP contribution in [0.15, 0.2) is 18.2 Å². The molecule has 1 aliphatic rings. The first-order valence-corrected chi connectivity index (χ1v) is 6.99. The molecule has 1 saturated heterocycles. The van der Waals surface area contributed by atoms with Crippen LogP contribution in [-0.4, -0.2) is 37.4 Å². The molecule has 0 bridgehead atoms. The van der Waals surface area contributed by atoms with Gasteiger partial charge in [-0.25, -0.2) is 0 Å². The summed E-state index contributed by atoms with van der Waals surface area (Å²) in [6.07, 6.45) is -4.65. The van der Waals surface area contributed by atoms with Crippen molar-refractivity contribution in [1.29, 1.82) is 0 Å². The number of hydrogen-bond donors (Lipinski definition) is 1. The zero-order valence-corrected chi connectivity index (χ0v) is 12.3. The van der Waals surface area contributed by atoms with Crippen LogP contribution in [0, 0.1) is 3.57 Å². The van der Waals surface area contributed by atoms with E-state index < -0.39 is 6.36 Å². The SMILES string of the molecule is FC(F)(F)Oc1cc(I)ccc1CN1CCNCC1. The van der Waals surface area contributed by atoms with Crippen LogP contribution >= 0.6 is 22.6 Å². The highest BCUT2D eigenvalue weighted by Crippen LogP contribution is 2.29. The molecule has 0 aromatic heterocycles. The second-order valence-electron chi connectivity index (χ2n) is 4.33. The first kappa shape index (κ1) is 14.9. The summed E-state index contributed by atoms with van der Waals surface area (Å²) in [6.45, 7) is 3.86. The lowest BCUT2D eigenvalue weighted by Crippen LogP contribution is -2.43. The minimum Gasteiger partial charge on any atom is -0.405 e. The van der Waals surface area contributed by atoms with Crippen molar-refractivity contribution in [3.63, 3.8) is 0 Å². The molecular formula is C12H14F3IN2O. The van der Waals surface area contributed by atoms with Crippen molar-refractivity contribution in [1.82, 2.24) is 10.2 Å². The van der Waals surface area contributed by atoms with E-state index in [1.165, 1.54) is 6.07 Å². The highest BCUT2D eigenvalue weighted by molar-refractivity contribution is 14.1. The van der Waals surface area contributed by atoms with E-state index in [2.05, 4.69) is 15.0 Å². The Hall–Kier alpha value is -0.540. The maximum Gasteiger partial charge on any atom is 0.573 e.